The van der Waals surface area contributed by atoms with Gasteiger partial charge in [0.1, 0.15) is 5.82 Å². The first-order chi connectivity index (χ1) is 7.81. The minimum atomic E-state index is -0.210. The average molecular weight is 221 g/mol. The molecule has 0 amide bonds. The topological polar surface area (TPSA) is 48.4 Å². The third kappa shape index (κ3) is 2.51. The van der Waals surface area contributed by atoms with Crippen LogP contribution in [0.15, 0.2) is 18.3 Å². The van der Waals surface area contributed by atoms with Crippen molar-refractivity contribution in [1.29, 1.82) is 0 Å². The standard InChI is InChI=1S/C12H19N3O/c1-13-8-10-4-2-6-14-12(10)15-7-3-5-11(16)9-15/h2,4,6,11,13,16H,3,5,7-9H2,1H3. The predicted octanol–water partition coefficient (Wildman–Crippen LogP) is 0.762. The number of hydrogen-bond acceptors (Lipinski definition) is 4. The van der Waals surface area contributed by atoms with Gasteiger partial charge in [-0.2, -0.15) is 0 Å². The fraction of sp³-hybridized carbons (Fsp3) is 0.583. The average Bonchev–Trinajstić information content (AvgIpc) is 2.30. The molecule has 88 valence electrons. The Labute approximate surface area is 96.3 Å². The monoisotopic (exact) mass is 221 g/mol. The van der Waals surface area contributed by atoms with Crippen molar-refractivity contribution in [2.24, 2.45) is 0 Å². The smallest absolute Gasteiger partial charge is 0.133 e. The zero-order chi connectivity index (χ0) is 11.4. The maximum absolute atomic E-state index is 9.68. The largest absolute Gasteiger partial charge is 0.391 e. The van der Waals surface area contributed by atoms with E-state index in [0.29, 0.717) is 6.54 Å². The number of hydrogen-bond donors (Lipinski definition) is 2. The highest BCUT2D eigenvalue weighted by Crippen LogP contribution is 2.21. The van der Waals surface area contributed by atoms with Crippen LogP contribution in [0.4, 0.5) is 5.82 Å². The summed E-state index contributed by atoms with van der Waals surface area (Å²) in [7, 11) is 1.93. The lowest BCUT2D eigenvalue weighted by atomic mass is 10.1. The quantitative estimate of drug-likeness (QED) is 0.791. The Kier molecular flexibility index (Phi) is 3.74. The Morgan fingerprint density at radius 1 is 1.62 bits per heavy atom. The lowest BCUT2D eigenvalue weighted by Crippen LogP contribution is -2.39. The van der Waals surface area contributed by atoms with Crippen LogP contribution in [-0.2, 0) is 6.54 Å². The van der Waals surface area contributed by atoms with Crippen molar-refractivity contribution in [2.45, 2.75) is 25.5 Å². The number of aromatic nitrogens is 1. The van der Waals surface area contributed by atoms with Gasteiger partial charge in [0.15, 0.2) is 0 Å². The highest BCUT2D eigenvalue weighted by Gasteiger charge is 2.20. The maximum Gasteiger partial charge on any atom is 0.133 e. The molecule has 1 aliphatic rings. The Hall–Kier alpha value is -1.13. The molecule has 0 spiro atoms. The van der Waals surface area contributed by atoms with Gasteiger partial charge in [-0.15, -0.1) is 0 Å². The Balaban J connectivity index is 2.17. The number of nitrogens with zero attached hydrogens (tertiary/aromatic N) is 2. The van der Waals surface area contributed by atoms with Crippen molar-refractivity contribution >= 4 is 5.82 Å². The summed E-state index contributed by atoms with van der Waals surface area (Å²) < 4.78 is 0. The molecule has 0 aliphatic carbocycles. The highest BCUT2D eigenvalue weighted by molar-refractivity contribution is 5.47. The lowest BCUT2D eigenvalue weighted by molar-refractivity contribution is 0.154. The maximum atomic E-state index is 9.68. The van der Waals surface area contributed by atoms with E-state index >= 15 is 0 Å². The van der Waals surface area contributed by atoms with Crippen LogP contribution in [0.5, 0.6) is 0 Å². The van der Waals surface area contributed by atoms with Gasteiger partial charge in [-0.05, 0) is 26.0 Å². The van der Waals surface area contributed by atoms with E-state index < -0.39 is 0 Å². The molecule has 1 aliphatic heterocycles. The zero-order valence-corrected chi connectivity index (χ0v) is 9.69. The normalized spacial score (nSPS) is 21.1. The molecule has 0 radical (unpaired) electrons. The van der Waals surface area contributed by atoms with Crippen LogP contribution in [0.2, 0.25) is 0 Å². The van der Waals surface area contributed by atoms with Crippen LogP contribution in [0.1, 0.15) is 18.4 Å². The molecule has 0 saturated carbocycles. The molecule has 0 bridgehead atoms. The summed E-state index contributed by atoms with van der Waals surface area (Å²) in [5.74, 6) is 1.01. The molecule has 1 atom stereocenters. The third-order valence-corrected chi connectivity index (χ3v) is 2.93. The van der Waals surface area contributed by atoms with Crippen LogP contribution in [0.25, 0.3) is 0 Å². The molecule has 2 N–H and O–H groups in total. The molecule has 1 aromatic rings. The van der Waals surface area contributed by atoms with Gasteiger partial charge in [0.05, 0.1) is 6.10 Å². The molecular weight excluding hydrogens is 202 g/mol. The molecule has 0 aromatic carbocycles. The minimum absolute atomic E-state index is 0.210. The van der Waals surface area contributed by atoms with Crippen LogP contribution in [0, 0.1) is 0 Å². The van der Waals surface area contributed by atoms with Crippen LogP contribution in [-0.4, -0.2) is 36.3 Å². The van der Waals surface area contributed by atoms with Gasteiger partial charge in [-0.3, -0.25) is 0 Å². The first kappa shape index (κ1) is 11.4. The summed E-state index contributed by atoms with van der Waals surface area (Å²) in [5, 5.41) is 12.8. The van der Waals surface area contributed by atoms with Crippen molar-refractivity contribution in [3.05, 3.63) is 23.9 Å². The van der Waals surface area contributed by atoms with E-state index in [9.17, 15) is 5.11 Å². The van der Waals surface area contributed by atoms with E-state index in [2.05, 4.69) is 21.3 Å². The predicted molar refractivity (Wildman–Crippen MR) is 64.5 cm³/mol. The number of piperidine rings is 1. The van der Waals surface area contributed by atoms with E-state index in [4.69, 9.17) is 0 Å². The number of aliphatic hydroxyl groups is 1. The second kappa shape index (κ2) is 5.27. The van der Waals surface area contributed by atoms with Gasteiger partial charge >= 0.3 is 0 Å². The molecule has 16 heavy (non-hydrogen) atoms. The van der Waals surface area contributed by atoms with E-state index in [-0.39, 0.29) is 6.10 Å². The van der Waals surface area contributed by atoms with Crippen molar-refractivity contribution in [1.82, 2.24) is 10.3 Å². The molecule has 2 rings (SSSR count). The van der Waals surface area contributed by atoms with Crippen molar-refractivity contribution < 1.29 is 5.11 Å². The summed E-state index contributed by atoms with van der Waals surface area (Å²) >= 11 is 0. The van der Waals surface area contributed by atoms with E-state index in [1.54, 1.807) is 0 Å². The molecule has 4 nitrogen and oxygen atoms in total. The summed E-state index contributed by atoms with van der Waals surface area (Å²) in [5.41, 5.74) is 1.19. The summed E-state index contributed by atoms with van der Waals surface area (Å²) in [6, 6.07) is 4.04. The fourth-order valence-corrected chi connectivity index (χ4v) is 2.19. The van der Waals surface area contributed by atoms with Gasteiger partial charge in [-0.1, -0.05) is 6.07 Å². The van der Waals surface area contributed by atoms with Gasteiger partial charge in [0.2, 0.25) is 0 Å². The Morgan fingerprint density at radius 2 is 2.50 bits per heavy atom. The SMILES string of the molecule is CNCc1cccnc1N1CCCC(O)C1. The number of nitrogens with one attached hydrogen (secondary N) is 1. The Morgan fingerprint density at radius 3 is 3.25 bits per heavy atom. The number of rotatable bonds is 3. The van der Waals surface area contributed by atoms with Crippen molar-refractivity contribution in [3.8, 4) is 0 Å². The minimum Gasteiger partial charge on any atom is -0.391 e. The molecule has 1 aromatic heterocycles. The molecule has 2 heterocycles. The fourth-order valence-electron chi connectivity index (χ4n) is 2.19. The third-order valence-electron chi connectivity index (χ3n) is 2.93. The van der Waals surface area contributed by atoms with Gasteiger partial charge in [0, 0.05) is 31.4 Å². The zero-order valence-electron chi connectivity index (χ0n) is 9.69. The summed E-state index contributed by atoms with van der Waals surface area (Å²) in [4.78, 5) is 6.61. The molecule has 4 heteroatoms. The van der Waals surface area contributed by atoms with E-state index in [1.807, 2.05) is 19.3 Å². The first-order valence-corrected chi connectivity index (χ1v) is 5.83. The lowest BCUT2D eigenvalue weighted by Gasteiger charge is -2.32. The highest BCUT2D eigenvalue weighted by atomic mass is 16.3. The number of anilines is 1. The summed E-state index contributed by atoms with van der Waals surface area (Å²) in [6.45, 7) is 2.51. The number of aliphatic hydroxyl groups excluding tert-OH is 1. The second-order valence-corrected chi connectivity index (χ2v) is 4.26. The molecular formula is C12H19N3O. The van der Waals surface area contributed by atoms with Crippen LogP contribution >= 0.6 is 0 Å². The number of pyridine rings is 1. The van der Waals surface area contributed by atoms with E-state index in [0.717, 1.165) is 31.7 Å². The van der Waals surface area contributed by atoms with Crippen molar-refractivity contribution in [3.63, 3.8) is 0 Å². The Bertz CT molecular complexity index is 343. The second-order valence-electron chi connectivity index (χ2n) is 4.26. The van der Waals surface area contributed by atoms with Gasteiger partial charge in [0.25, 0.3) is 0 Å². The van der Waals surface area contributed by atoms with Crippen molar-refractivity contribution in [2.75, 3.05) is 25.0 Å². The van der Waals surface area contributed by atoms with Crippen LogP contribution < -0.4 is 10.2 Å². The number of β-amino-alcohol motifs (C(OH)–C–C–N with tert-alkyl or cyclic N) is 1. The molecule has 1 saturated heterocycles. The van der Waals surface area contributed by atoms with Gasteiger partial charge in [-0.25, -0.2) is 4.98 Å². The molecule has 1 unspecified atom stereocenters. The van der Waals surface area contributed by atoms with E-state index in [1.165, 1.54) is 5.56 Å². The van der Waals surface area contributed by atoms with Gasteiger partial charge < -0.3 is 15.3 Å². The molecule has 1 fully saturated rings. The summed E-state index contributed by atoms with van der Waals surface area (Å²) in [6.07, 6.45) is 3.55. The van der Waals surface area contributed by atoms with Crippen LogP contribution in [0.3, 0.4) is 0 Å². The first-order valence-electron chi connectivity index (χ1n) is 5.83.